The molecule has 0 saturated carbocycles. The molecule has 3 heterocycles. The van der Waals surface area contributed by atoms with E-state index in [1.54, 1.807) is 87.2 Å². The second-order valence-corrected chi connectivity index (χ2v) is 8.00. The van der Waals surface area contributed by atoms with Crippen LogP contribution in [-0.2, 0) is 14.1 Å². The van der Waals surface area contributed by atoms with Crippen LogP contribution in [-0.4, -0.2) is 24.3 Å². The summed E-state index contributed by atoms with van der Waals surface area (Å²) in [5, 5.41) is 23.5. The molecule has 5 rings (SSSR count). The number of para-hydroxylation sites is 2. The molecule has 0 unspecified atom stereocenters. The van der Waals surface area contributed by atoms with Crippen LogP contribution in [0.4, 0.5) is 0 Å². The van der Waals surface area contributed by atoms with Gasteiger partial charge in [-0.3, -0.25) is 14.6 Å². The molecule has 0 bridgehead atoms. The number of benzene rings is 2. The Morgan fingerprint density at radius 3 is 1.58 bits per heavy atom. The van der Waals surface area contributed by atoms with E-state index in [1.807, 2.05) is 0 Å². The van der Waals surface area contributed by atoms with Crippen molar-refractivity contribution < 1.29 is 10.2 Å². The summed E-state index contributed by atoms with van der Waals surface area (Å²) >= 11 is 0. The fourth-order valence-corrected chi connectivity index (χ4v) is 4.56. The minimum Gasteiger partial charge on any atom is -0.507 e. The lowest BCUT2D eigenvalue weighted by Gasteiger charge is -2.23. The van der Waals surface area contributed by atoms with Crippen LogP contribution in [0.2, 0.25) is 0 Å². The first-order valence-electron chi connectivity index (χ1n) is 10.4. The predicted octanol–water partition coefficient (Wildman–Crippen LogP) is 3.38. The van der Waals surface area contributed by atoms with Gasteiger partial charge in [-0.1, -0.05) is 24.3 Å². The minimum absolute atomic E-state index is 0.0186. The predicted molar refractivity (Wildman–Crippen MR) is 127 cm³/mol. The maximum Gasteiger partial charge on any atom is 0.258 e. The molecule has 33 heavy (non-hydrogen) atoms. The zero-order valence-electron chi connectivity index (χ0n) is 18.1. The second kappa shape index (κ2) is 7.63. The Bertz CT molecular complexity index is 1550. The topological polar surface area (TPSA) is 97.4 Å². The summed E-state index contributed by atoms with van der Waals surface area (Å²) in [6, 6.07) is 17.4. The average Bonchev–Trinajstić information content (AvgIpc) is 2.85. The standard InChI is InChI=1S/C26H21N3O4/c1-28-18-9-5-3-7-16(18)23(30)21(25(28)32)20(15-11-13-27-14-12-15)22-24(31)17-8-4-6-10-19(17)29(2)26(22)33/h3-14,20,30-31H,1-2H3. The van der Waals surface area contributed by atoms with E-state index < -0.39 is 17.0 Å². The highest BCUT2D eigenvalue weighted by molar-refractivity contribution is 5.89. The van der Waals surface area contributed by atoms with E-state index in [9.17, 15) is 19.8 Å². The number of hydrogen-bond donors (Lipinski definition) is 2. The van der Waals surface area contributed by atoms with Gasteiger partial charge >= 0.3 is 0 Å². The van der Waals surface area contributed by atoms with Gasteiger partial charge in [0, 0.05) is 37.3 Å². The summed E-state index contributed by atoms with van der Waals surface area (Å²) in [6.45, 7) is 0. The second-order valence-electron chi connectivity index (χ2n) is 8.00. The summed E-state index contributed by atoms with van der Waals surface area (Å²) in [6.07, 6.45) is 3.10. The van der Waals surface area contributed by atoms with Crippen molar-refractivity contribution in [3.63, 3.8) is 0 Å². The highest BCUT2D eigenvalue weighted by Gasteiger charge is 2.32. The van der Waals surface area contributed by atoms with Gasteiger partial charge in [0.1, 0.15) is 11.5 Å². The summed E-state index contributed by atoms with van der Waals surface area (Å²) < 4.78 is 2.89. The lowest BCUT2D eigenvalue weighted by atomic mass is 9.84. The fraction of sp³-hybridized carbons (Fsp3) is 0.115. The molecule has 2 aromatic carbocycles. The molecule has 0 aliphatic rings. The molecule has 0 atom stereocenters. The Hall–Kier alpha value is -4.39. The molecule has 3 aromatic heterocycles. The van der Waals surface area contributed by atoms with E-state index in [2.05, 4.69) is 4.98 Å². The molecule has 0 spiro atoms. The van der Waals surface area contributed by atoms with Crippen LogP contribution < -0.4 is 11.1 Å². The lowest BCUT2D eigenvalue weighted by Crippen LogP contribution is -2.30. The summed E-state index contributed by atoms with van der Waals surface area (Å²) in [7, 11) is 3.24. The normalized spacial score (nSPS) is 11.5. The maximum absolute atomic E-state index is 13.6. The van der Waals surface area contributed by atoms with Crippen LogP contribution in [0.3, 0.4) is 0 Å². The van der Waals surface area contributed by atoms with Gasteiger partial charge in [0.2, 0.25) is 0 Å². The van der Waals surface area contributed by atoms with Crippen molar-refractivity contribution in [2.45, 2.75) is 5.92 Å². The molecule has 164 valence electrons. The first kappa shape index (κ1) is 20.5. The molecular weight excluding hydrogens is 418 g/mol. The largest absolute Gasteiger partial charge is 0.507 e. The van der Waals surface area contributed by atoms with Gasteiger partial charge in [-0.15, -0.1) is 0 Å². The average molecular weight is 439 g/mol. The molecule has 0 saturated heterocycles. The number of rotatable bonds is 3. The minimum atomic E-state index is -1.01. The molecule has 0 radical (unpaired) electrons. The van der Waals surface area contributed by atoms with E-state index in [0.29, 0.717) is 27.4 Å². The quantitative estimate of drug-likeness (QED) is 0.449. The van der Waals surface area contributed by atoms with Gasteiger partial charge in [-0.05, 0) is 42.0 Å². The van der Waals surface area contributed by atoms with Crippen molar-refractivity contribution in [3.8, 4) is 11.5 Å². The van der Waals surface area contributed by atoms with Crippen LogP contribution in [0.25, 0.3) is 21.8 Å². The van der Waals surface area contributed by atoms with Crippen LogP contribution in [0.1, 0.15) is 22.6 Å². The molecule has 5 aromatic rings. The van der Waals surface area contributed by atoms with Crippen LogP contribution in [0.15, 0.2) is 82.6 Å². The summed E-state index contributed by atoms with van der Waals surface area (Å²) in [5.41, 5.74) is 0.802. The molecule has 7 heteroatoms. The fourth-order valence-electron chi connectivity index (χ4n) is 4.56. The number of hydrogen-bond acceptors (Lipinski definition) is 5. The third-order valence-corrected chi connectivity index (χ3v) is 6.24. The number of pyridine rings is 3. The van der Waals surface area contributed by atoms with Crippen molar-refractivity contribution in [1.29, 1.82) is 0 Å². The number of fused-ring (bicyclic) bond motifs is 2. The number of aryl methyl sites for hydroxylation is 2. The first-order chi connectivity index (χ1) is 15.9. The molecule has 0 fully saturated rings. The smallest absolute Gasteiger partial charge is 0.258 e. The van der Waals surface area contributed by atoms with Gasteiger partial charge in [-0.25, -0.2) is 0 Å². The Morgan fingerprint density at radius 1 is 0.697 bits per heavy atom. The Labute approximate surface area is 188 Å². The first-order valence-corrected chi connectivity index (χ1v) is 10.4. The molecule has 0 amide bonds. The van der Waals surface area contributed by atoms with Gasteiger partial charge in [0.25, 0.3) is 11.1 Å². The zero-order chi connectivity index (χ0) is 23.3. The van der Waals surface area contributed by atoms with E-state index >= 15 is 0 Å². The van der Waals surface area contributed by atoms with E-state index in [0.717, 1.165) is 0 Å². The Kier molecular flexibility index (Phi) is 4.74. The van der Waals surface area contributed by atoms with Crippen LogP contribution in [0, 0.1) is 0 Å². The van der Waals surface area contributed by atoms with Gasteiger partial charge in [0.05, 0.1) is 28.1 Å². The third-order valence-electron chi connectivity index (χ3n) is 6.24. The summed E-state index contributed by atoms with van der Waals surface area (Å²) in [5.74, 6) is -1.45. The summed E-state index contributed by atoms with van der Waals surface area (Å²) in [4.78, 5) is 31.2. The molecule has 7 nitrogen and oxygen atoms in total. The van der Waals surface area contributed by atoms with Crippen molar-refractivity contribution in [1.82, 2.24) is 14.1 Å². The van der Waals surface area contributed by atoms with E-state index in [1.165, 1.54) is 9.13 Å². The number of aromatic hydroxyl groups is 2. The van der Waals surface area contributed by atoms with Crippen molar-refractivity contribution in [3.05, 3.63) is 110 Å². The molecule has 0 aliphatic heterocycles. The van der Waals surface area contributed by atoms with Crippen molar-refractivity contribution in [2.75, 3.05) is 0 Å². The zero-order valence-corrected chi connectivity index (χ0v) is 18.1. The maximum atomic E-state index is 13.6. The molecule has 0 aliphatic carbocycles. The van der Waals surface area contributed by atoms with Crippen LogP contribution >= 0.6 is 0 Å². The van der Waals surface area contributed by atoms with Crippen LogP contribution in [0.5, 0.6) is 11.5 Å². The van der Waals surface area contributed by atoms with E-state index in [4.69, 9.17) is 0 Å². The van der Waals surface area contributed by atoms with E-state index in [-0.39, 0.29) is 22.6 Å². The van der Waals surface area contributed by atoms with Gasteiger partial charge in [-0.2, -0.15) is 0 Å². The van der Waals surface area contributed by atoms with Gasteiger partial charge < -0.3 is 19.3 Å². The molecular formula is C26H21N3O4. The van der Waals surface area contributed by atoms with Crippen molar-refractivity contribution >= 4 is 21.8 Å². The SMILES string of the molecule is Cn1c(=O)c(C(c2ccncc2)c2c(O)c3ccccc3n(C)c2=O)c(O)c2ccccc21. The monoisotopic (exact) mass is 439 g/mol. The number of aromatic nitrogens is 3. The number of nitrogens with zero attached hydrogens (tertiary/aromatic N) is 3. The Balaban J connectivity index is 1.97. The Morgan fingerprint density at radius 2 is 1.12 bits per heavy atom. The third kappa shape index (κ3) is 3.01. The lowest BCUT2D eigenvalue weighted by molar-refractivity contribution is 0.460. The molecule has 2 N–H and O–H groups in total. The highest BCUT2D eigenvalue weighted by Crippen LogP contribution is 2.41. The highest BCUT2D eigenvalue weighted by atomic mass is 16.3. The van der Waals surface area contributed by atoms with Gasteiger partial charge in [0.15, 0.2) is 0 Å². The van der Waals surface area contributed by atoms with Crippen molar-refractivity contribution in [2.24, 2.45) is 14.1 Å².